The van der Waals surface area contributed by atoms with Gasteiger partial charge in [0.05, 0.1) is 38.0 Å². The Balaban J connectivity index is 1.90. The molecule has 0 aliphatic carbocycles. The van der Waals surface area contributed by atoms with Gasteiger partial charge in [0.1, 0.15) is 11.4 Å². The molecule has 0 saturated carbocycles. The number of fused-ring (bicyclic) bond motifs is 1. The van der Waals surface area contributed by atoms with Gasteiger partial charge in [0.2, 0.25) is 0 Å². The molecule has 0 heterocycles. The van der Waals surface area contributed by atoms with Crippen LogP contribution in [0.1, 0.15) is 5.56 Å². The van der Waals surface area contributed by atoms with Crippen molar-refractivity contribution in [3.8, 4) is 5.75 Å². The summed E-state index contributed by atoms with van der Waals surface area (Å²) in [4.78, 5) is 10.0. The van der Waals surface area contributed by atoms with Crippen LogP contribution in [-0.2, 0) is 27.9 Å². The molecular weight excluding hydrogens is 536 g/mol. The summed E-state index contributed by atoms with van der Waals surface area (Å²) in [6.45, 7) is 0. The molecule has 0 bridgehead atoms. The van der Waals surface area contributed by atoms with Gasteiger partial charge >= 0.3 is 0 Å². The van der Waals surface area contributed by atoms with Crippen LogP contribution in [0.4, 0.5) is 34.1 Å². The molecule has 0 fully saturated rings. The highest BCUT2D eigenvalue weighted by Gasteiger charge is 2.22. The SMILES string of the molecule is Nc1c(/N=N\c2ccc([N+](=O)[O-])cc2)c(S(=O)O)cc2cc(CS(=O)O)c(/N=N\c3ccccc3)c(O)c12. The lowest BCUT2D eigenvalue weighted by Crippen LogP contribution is -1.99. The molecule has 0 spiro atoms. The topological polar surface area (TPSA) is 213 Å². The Morgan fingerprint density at radius 3 is 2.05 bits per heavy atom. The minimum atomic E-state index is -2.59. The highest BCUT2D eigenvalue weighted by Crippen LogP contribution is 2.47. The average molecular weight is 555 g/mol. The number of hydrogen-bond acceptors (Lipinski definition) is 10. The fourth-order valence-corrected chi connectivity index (χ4v) is 4.57. The molecule has 0 aromatic heterocycles. The highest BCUT2D eigenvalue weighted by atomic mass is 32.2. The van der Waals surface area contributed by atoms with Crippen molar-refractivity contribution in [1.29, 1.82) is 0 Å². The summed E-state index contributed by atoms with van der Waals surface area (Å²) in [7, 11) is 0. The summed E-state index contributed by atoms with van der Waals surface area (Å²) in [5.41, 5.74) is 6.37. The van der Waals surface area contributed by atoms with Crippen LogP contribution in [0.15, 0.2) is 92.1 Å². The molecule has 13 nitrogen and oxygen atoms in total. The van der Waals surface area contributed by atoms with E-state index < -0.39 is 38.6 Å². The van der Waals surface area contributed by atoms with Crippen molar-refractivity contribution in [2.24, 2.45) is 20.5 Å². The smallest absolute Gasteiger partial charge is 0.269 e. The summed E-state index contributed by atoms with van der Waals surface area (Å²) >= 11 is -4.90. The van der Waals surface area contributed by atoms with Crippen molar-refractivity contribution in [2.75, 3.05) is 5.73 Å². The summed E-state index contributed by atoms with van der Waals surface area (Å²) in [6, 6.07) is 16.3. The van der Waals surface area contributed by atoms with Crippen molar-refractivity contribution in [3.63, 3.8) is 0 Å². The largest absolute Gasteiger partial charge is 0.505 e. The van der Waals surface area contributed by atoms with Crippen molar-refractivity contribution in [3.05, 3.63) is 82.4 Å². The zero-order chi connectivity index (χ0) is 27.4. The first-order valence-electron chi connectivity index (χ1n) is 10.6. The summed E-state index contributed by atoms with van der Waals surface area (Å²) in [6.07, 6.45) is 0. The maximum Gasteiger partial charge on any atom is 0.269 e. The van der Waals surface area contributed by atoms with Gasteiger partial charge in [-0.25, -0.2) is 8.42 Å². The minimum absolute atomic E-state index is 0.00586. The summed E-state index contributed by atoms with van der Waals surface area (Å²) in [5.74, 6) is -0.895. The van der Waals surface area contributed by atoms with Gasteiger partial charge in [-0.15, -0.1) is 10.2 Å². The first kappa shape index (κ1) is 26.6. The molecule has 0 aliphatic heterocycles. The number of nitro groups is 1. The van der Waals surface area contributed by atoms with Crippen LogP contribution in [-0.4, -0.2) is 27.6 Å². The third-order valence-corrected chi connectivity index (χ3v) is 6.49. The third kappa shape index (κ3) is 5.76. The number of phenols is 1. The Labute approximate surface area is 219 Å². The monoisotopic (exact) mass is 554 g/mol. The van der Waals surface area contributed by atoms with E-state index in [1.165, 1.54) is 36.4 Å². The second-order valence-electron chi connectivity index (χ2n) is 7.69. The Morgan fingerprint density at radius 1 is 0.868 bits per heavy atom. The normalized spacial score (nSPS) is 13.3. The number of aromatic hydroxyl groups is 1. The summed E-state index contributed by atoms with van der Waals surface area (Å²) < 4.78 is 43.1. The van der Waals surface area contributed by atoms with E-state index in [0.29, 0.717) is 5.69 Å². The van der Waals surface area contributed by atoms with Crippen LogP contribution in [0.2, 0.25) is 0 Å². The predicted molar refractivity (Wildman–Crippen MR) is 141 cm³/mol. The van der Waals surface area contributed by atoms with Crippen molar-refractivity contribution >= 4 is 67.1 Å². The number of azo groups is 2. The number of nitro benzene ring substituents is 1. The number of hydrogen-bond donors (Lipinski definition) is 4. The van der Waals surface area contributed by atoms with Crippen LogP contribution in [0.5, 0.6) is 5.75 Å². The molecule has 15 heteroatoms. The number of nitrogens with zero attached hydrogens (tertiary/aromatic N) is 5. The molecule has 38 heavy (non-hydrogen) atoms. The van der Waals surface area contributed by atoms with Gasteiger partial charge in [0.15, 0.2) is 27.9 Å². The molecule has 0 radical (unpaired) electrons. The Hall–Kier alpha value is -4.44. The van der Waals surface area contributed by atoms with E-state index in [-0.39, 0.29) is 49.7 Å². The van der Waals surface area contributed by atoms with Gasteiger partial charge < -0.3 is 19.9 Å². The van der Waals surface area contributed by atoms with E-state index in [0.717, 1.165) is 0 Å². The third-order valence-electron chi connectivity index (χ3n) is 5.24. The van der Waals surface area contributed by atoms with Crippen molar-refractivity contribution in [2.45, 2.75) is 10.6 Å². The van der Waals surface area contributed by atoms with Crippen LogP contribution in [0.25, 0.3) is 10.8 Å². The first-order chi connectivity index (χ1) is 18.2. The van der Waals surface area contributed by atoms with Crippen LogP contribution < -0.4 is 5.73 Å². The van der Waals surface area contributed by atoms with Gasteiger partial charge in [-0.3, -0.25) is 10.1 Å². The molecule has 0 saturated heterocycles. The molecule has 4 aromatic rings. The molecule has 194 valence electrons. The number of anilines is 1. The number of benzene rings is 4. The zero-order valence-electron chi connectivity index (χ0n) is 19.2. The Bertz CT molecular complexity index is 1640. The van der Waals surface area contributed by atoms with E-state index >= 15 is 0 Å². The lowest BCUT2D eigenvalue weighted by atomic mass is 10.0. The van der Waals surface area contributed by atoms with E-state index in [9.17, 15) is 32.7 Å². The fourth-order valence-electron chi connectivity index (χ4n) is 3.54. The number of rotatable bonds is 8. The number of phenolic OH excluding ortho intramolecular Hbond substituents is 1. The molecule has 5 N–H and O–H groups in total. The molecule has 4 rings (SSSR count). The second kappa shape index (κ2) is 11.3. The predicted octanol–water partition coefficient (Wildman–Crippen LogP) is 6.17. The molecule has 2 atom stereocenters. The molecule has 0 amide bonds. The maximum atomic E-state index is 12.1. The van der Waals surface area contributed by atoms with Crippen LogP contribution in [0, 0.1) is 10.1 Å². The maximum absolute atomic E-state index is 12.1. The van der Waals surface area contributed by atoms with Crippen LogP contribution in [0.3, 0.4) is 0 Å². The van der Waals surface area contributed by atoms with E-state index in [1.54, 1.807) is 30.3 Å². The zero-order valence-corrected chi connectivity index (χ0v) is 20.8. The van der Waals surface area contributed by atoms with Gasteiger partial charge in [0, 0.05) is 12.1 Å². The van der Waals surface area contributed by atoms with Gasteiger partial charge in [0.25, 0.3) is 5.69 Å². The molecular formula is C23H18N6O7S2. The van der Waals surface area contributed by atoms with Crippen molar-refractivity contribution < 1.29 is 27.6 Å². The Kier molecular flexibility index (Phi) is 7.92. The second-order valence-corrected chi connectivity index (χ2v) is 9.56. The quantitative estimate of drug-likeness (QED) is 0.0648. The Morgan fingerprint density at radius 2 is 1.47 bits per heavy atom. The average Bonchev–Trinajstić information content (AvgIpc) is 2.88. The standard InChI is InChI=1S/C23H18N6O7S2/c24-20-19-13(10-14(12-37(33)34)21(23(19)30)27-25-15-4-2-1-3-5-15)11-18(38(35)36)22(20)28-26-16-6-8-17(9-7-16)29(31)32/h1-11,30H,12,24H2,(H,33,34)(H,35,36)/b27-25-,28-26-. The number of nitrogen functional groups attached to an aromatic ring is 1. The fraction of sp³-hybridized carbons (Fsp3) is 0.0435. The van der Waals surface area contributed by atoms with E-state index in [2.05, 4.69) is 20.5 Å². The molecule has 2 unspecified atom stereocenters. The summed E-state index contributed by atoms with van der Waals surface area (Å²) in [5, 5.41) is 38.3. The number of non-ortho nitro benzene ring substituents is 1. The highest BCUT2D eigenvalue weighted by molar-refractivity contribution is 7.79. The van der Waals surface area contributed by atoms with Crippen molar-refractivity contribution in [1.82, 2.24) is 0 Å². The van der Waals surface area contributed by atoms with Gasteiger partial charge in [-0.1, -0.05) is 18.2 Å². The van der Waals surface area contributed by atoms with E-state index in [1.807, 2.05) is 0 Å². The number of nitrogens with two attached hydrogens (primary N) is 1. The van der Waals surface area contributed by atoms with Gasteiger partial charge in [-0.2, -0.15) is 10.2 Å². The van der Waals surface area contributed by atoms with Crippen LogP contribution >= 0.6 is 0 Å². The molecule has 4 aromatic carbocycles. The molecule has 0 aliphatic rings. The van der Waals surface area contributed by atoms with E-state index in [4.69, 9.17) is 5.73 Å². The van der Waals surface area contributed by atoms with Gasteiger partial charge in [-0.05, 0) is 47.3 Å². The first-order valence-corrected chi connectivity index (χ1v) is 13.0. The lowest BCUT2D eigenvalue weighted by Gasteiger charge is -2.14. The minimum Gasteiger partial charge on any atom is -0.505 e. The lowest BCUT2D eigenvalue weighted by molar-refractivity contribution is -0.384.